The maximum absolute atomic E-state index is 12.5. The molecule has 0 bridgehead atoms. The summed E-state index contributed by atoms with van der Waals surface area (Å²) in [7, 11) is 0. The van der Waals surface area contributed by atoms with Crippen molar-refractivity contribution >= 4 is 35.4 Å². The van der Waals surface area contributed by atoms with Crippen molar-refractivity contribution in [2.45, 2.75) is 37.8 Å². The molecule has 0 unspecified atom stereocenters. The van der Waals surface area contributed by atoms with Gasteiger partial charge >= 0.3 is 12.1 Å². The number of hydrogen-bond donors (Lipinski definition) is 1. The van der Waals surface area contributed by atoms with Gasteiger partial charge in [0.2, 0.25) is 0 Å². The Morgan fingerprint density at radius 3 is 2.55 bits per heavy atom. The first-order valence-corrected chi connectivity index (χ1v) is 8.23. The standard InChI is InChI=1S/C15H18ClNO4S/c1-15(2,3)21-14(20)17-11(13(18)19)8-22-12(17)9-6-4-5-7-10(9)16/h4-7,11-12H,8H2,1-3H3,(H,18,19)/t11-,12+/m1/s1. The van der Waals surface area contributed by atoms with E-state index in [1.165, 1.54) is 16.7 Å². The number of carboxylic acids is 1. The van der Waals surface area contributed by atoms with Gasteiger partial charge in [-0.25, -0.2) is 9.59 Å². The van der Waals surface area contributed by atoms with E-state index in [9.17, 15) is 14.7 Å². The van der Waals surface area contributed by atoms with E-state index in [1.54, 1.807) is 39.0 Å². The van der Waals surface area contributed by atoms with Gasteiger partial charge in [-0.05, 0) is 26.8 Å². The first kappa shape index (κ1) is 17.0. The summed E-state index contributed by atoms with van der Waals surface area (Å²) in [6, 6.07) is 6.18. The monoisotopic (exact) mass is 343 g/mol. The number of nitrogens with zero attached hydrogens (tertiary/aromatic N) is 1. The number of ether oxygens (including phenoxy) is 1. The number of hydrogen-bond acceptors (Lipinski definition) is 4. The summed E-state index contributed by atoms with van der Waals surface area (Å²) in [6.45, 7) is 5.23. The van der Waals surface area contributed by atoms with Gasteiger partial charge in [0.1, 0.15) is 17.0 Å². The summed E-state index contributed by atoms with van der Waals surface area (Å²) >= 11 is 7.56. The first-order valence-electron chi connectivity index (χ1n) is 6.81. The molecule has 22 heavy (non-hydrogen) atoms. The lowest BCUT2D eigenvalue weighted by molar-refractivity contribution is -0.142. The first-order chi connectivity index (χ1) is 10.2. The van der Waals surface area contributed by atoms with Crippen LogP contribution in [0.5, 0.6) is 0 Å². The van der Waals surface area contributed by atoms with Crippen LogP contribution >= 0.6 is 23.4 Å². The van der Waals surface area contributed by atoms with Crippen LogP contribution < -0.4 is 0 Å². The number of carbonyl (C=O) groups excluding carboxylic acids is 1. The summed E-state index contributed by atoms with van der Waals surface area (Å²) in [5, 5.41) is 9.40. The molecule has 120 valence electrons. The highest BCUT2D eigenvalue weighted by atomic mass is 35.5. The number of carbonyl (C=O) groups is 2. The summed E-state index contributed by atoms with van der Waals surface area (Å²) in [6.07, 6.45) is -0.644. The largest absolute Gasteiger partial charge is 0.480 e. The normalized spacial score (nSPS) is 21.7. The van der Waals surface area contributed by atoms with E-state index in [0.717, 1.165) is 0 Å². The van der Waals surface area contributed by atoms with Gasteiger partial charge in [0.15, 0.2) is 0 Å². The fraction of sp³-hybridized carbons (Fsp3) is 0.467. The lowest BCUT2D eigenvalue weighted by Gasteiger charge is -2.30. The maximum Gasteiger partial charge on any atom is 0.412 e. The van der Waals surface area contributed by atoms with Gasteiger partial charge in [-0.15, -0.1) is 11.8 Å². The van der Waals surface area contributed by atoms with Crippen LogP contribution in [0, 0.1) is 0 Å². The molecule has 1 aromatic rings. The van der Waals surface area contributed by atoms with E-state index < -0.39 is 29.1 Å². The second kappa shape index (κ2) is 6.38. The minimum atomic E-state index is -1.05. The van der Waals surface area contributed by atoms with Gasteiger partial charge in [0.05, 0.1) is 0 Å². The Hall–Kier alpha value is -1.40. The Kier molecular flexibility index (Phi) is 4.92. The molecule has 0 radical (unpaired) electrons. The Morgan fingerprint density at radius 2 is 2.00 bits per heavy atom. The second-order valence-electron chi connectivity index (χ2n) is 5.95. The highest BCUT2D eigenvalue weighted by Crippen LogP contribution is 2.44. The summed E-state index contributed by atoms with van der Waals surface area (Å²) in [4.78, 5) is 25.2. The van der Waals surface area contributed by atoms with E-state index >= 15 is 0 Å². The van der Waals surface area contributed by atoms with Gasteiger partial charge in [-0.2, -0.15) is 0 Å². The van der Waals surface area contributed by atoms with Crippen LogP contribution in [0.2, 0.25) is 5.02 Å². The molecule has 0 aromatic heterocycles. The topological polar surface area (TPSA) is 66.8 Å². The highest BCUT2D eigenvalue weighted by Gasteiger charge is 2.44. The number of amides is 1. The highest BCUT2D eigenvalue weighted by molar-refractivity contribution is 7.99. The molecular weight excluding hydrogens is 326 g/mol. The Labute approximate surface area is 138 Å². The zero-order valence-corrected chi connectivity index (χ0v) is 14.1. The molecule has 1 aromatic carbocycles. The molecule has 1 aliphatic rings. The van der Waals surface area contributed by atoms with Gasteiger partial charge in [-0.3, -0.25) is 4.90 Å². The number of benzene rings is 1. The van der Waals surface area contributed by atoms with E-state index in [2.05, 4.69) is 0 Å². The number of halogens is 1. The molecule has 1 aliphatic heterocycles. The maximum atomic E-state index is 12.5. The van der Waals surface area contributed by atoms with Crippen molar-refractivity contribution in [3.8, 4) is 0 Å². The predicted octanol–water partition coefficient (Wildman–Crippen LogP) is 3.78. The van der Waals surface area contributed by atoms with Crippen LogP contribution in [-0.4, -0.2) is 39.5 Å². The van der Waals surface area contributed by atoms with Crippen molar-refractivity contribution < 1.29 is 19.4 Å². The van der Waals surface area contributed by atoms with Gasteiger partial charge in [0.25, 0.3) is 0 Å². The zero-order chi connectivity index (χ0) is 16.5. The molecule has 0 aliphatic carbocycles. The molecule has 1 N–H and O–H groups in total. The summed E-state index contributed by atoms with van der Waals surface area (Å²) < 4.78 is 5.36. The molecule has 1 amide bonds. The number of carboxylic acid groups (broad SMARTS) is 1. The minimum absolute atomic E-state index is 0.296. The third-order valence-corrected chi connectivity index (χ3v) is 4.71. The van der Waals surface area contributed by atoms with Crippen LogP contribution in [-0.2, 0) is 9.53 Å². The molecule has 1 heterocycles. The Morgan fingerprint density at radius 1 is 1.36 bits per heavy atom. The molecule has 2 rings (SSSR count). The minimum Gasteiger partial charge on any atom is -0.480 e. The average Bonchev–Trinajstić information content (AvgIpc) is 2.82. The molecule has 0 spiro atoms. The van der Waals surface area contributed by atoms with Crippen LogP contribution in [0.3, 0.4) is 0 Å². The molecule has 5 nitrogen and oxygen atoms in total. The van der Waals surface area contributed by atoms with Gasteiger partial charge in [-0.1, -0.05) is 29.8 Å². The van der Waals surface area contributed by atoms with Crippen LogP contribution in [0.1, 0.15) is 31.7 Å². The fourth-order valence-electron chi connectivity index (χ4n) is 2.15. The number of aliphatic carboxylic acids is 1. The summed E-state index contributed by atoms with van der Waals surface area (Å²) in [5.74, 6) is -0.752. The molecule has 1 fully saturated rings. The van der Waals surface area contributed by atoms with E-state index in [4.69, 9.17) is 16.3 Å². The van der Waals surface area contributed by atoms with E-state index in [0.29, 0.717) is 16.3 Å². The number of thioether (sulfide) groups is 1. The Bertz CT molecular complexity index is 587. The van der Waals surface area contributed by atoms with Crippen LogP contribution in [0.25, 0.3) is 0 Å². The molecule has 0 saturated carbocycles. The quantitative estimate of drug-likeness (QED) is 0.885. The second-order valence-corrected chi connectivity index (χ2v) is 7.47. The van der Waals surface area contributed by atoms with E-state index in [-0.39, 0.29) is 0 Å². The van der Waals surface area contributed by atoms with Gasteiger partial charge < -0.3 is 9.84 Å². The third kappa shape index (κ3) is 3.67. The predicted molar refractivity (Wildman–Crippen MR) is 86.1 cm³/mol. The van der Waals surface area contributed by atoms with Crippen molar-refractivity contribution in [2.24, 2.45) is 0 Å². The van der Waals surface area contributed by atoms with Crippen LogP contribution in [0.15, 0.2) is 24.3 Å². The smallest absolute Gasteiger partial charge is 0.412 e. The molecule has 7 heteroatoms. The zero-order valence-electron chi connectivity index (χ0n) is 12.6. The van der Waals surface area contributed by atoms with Crippen molar-refractivity contribution in [1.82, 2.24) is 4.90 Å². The fourth-order valence-corrected chi connectivity index (χ4v) is 3.90. The van der Waals surface area contributed by atoms with Crippen LogP contribution in [0.4, 0.5) is 4.79 Å². The molecular formula is C15H18ClNO4S. The third-order valence-electron chi connectivity index (χ3n) is 3.06. The van der Waals surface area contributed by atoms with Crippen molar-refractivity contribution in [3.63, 3.8) is 0 Å². The lowest BCUT2D eigenvalue weighted by Crippen LogP contribution is -2.45. The van der Waals surface area contributed by atoms with Crippen molar-refractivity contribution in [2.75, 3.05) is 5.75 Å². The molecule has 2 atom stereocenters. The molecule has 1 saturated heterocycles. The summed E-state index contributed by atoms with van der Waals surface area (Å²) in [5.41, 5.74) is 0.0158. The van der Waals surface area contributed by atoms with Crippen molar-refractivity contribution in [3.05, 3.63) is 34.9 Å². The Balaban J connectivity index is 2.35. The van der Waals surface area contributed by atoms with Crippen molar-refractivity contribution in [1.29, 1.82) is 0 Å². The SMILES string of the molecule is CC(C)(C)OC(=O)N1[C@@H](C(=O)O)CS[C@H]1c1ccccc1Cl. The van der Waals surface area contributed by atoms with Gasteiger partial charge in [0, 0.05) is 16.3 Å². The number of rotatable bonds is 2. The van der Waals surface area contributed by atoms with E-state index in [1.807, 2.05) is 6.07 Å². The average molecular weight is 344 g/mol. The lowest BCUT2D eigenvalue weighted by atomic mass is 10.1.